The Morgan fingerprint density at radius 3 is 2.44 bits per heavy atom. The molecule has 1 N–H and O–H groups in total. The Hall–Kier alpha value is -1.22. The normalized spacial score (nSPS) is 10.5. The summed E-state index contributed by atoms with van der Waals surface area (Å²) in [6.07, 6.45) is 0. The number of likely N-dealkylation sites (N-methyl/N-ethyl adjacent to an activating group) is 1. The van der Waals surface area contributed by atoms with Gasteiger partial charge in [0.25, 0.3) is 0 Å². The van der Waals surface area contributed by atoms with Gasteiger partial charge >= 0.3 is 0 Å². The van der Waals surface area contributed by atoms with E-state index in [9.17, 15) is 0 Å². The molecule has 0 fully saturated rings. The number of ether oxygens (including phenoxy) is 2. The first-order valence-electron chi connectivity index (χ1n) is 5.90. The van der Waals surface area contributed by atoms with E-state index in [0.717, 1.165) is 37.7 Å². The highest BCUT2D eigenvalue weighted by molar-refractivity contribution is 5.32. The molecule has 0 heterocycles. The SMILES string of the molecule is CC[NH+](CC)CCOc1cccc(OC)c1. The van der Waals surface area contributed by atoms with Crippen LogP contribution in [-0.2, 0) is 0 Å². The summed E-state index contributed by atoms with van der Waals surface area (Å²) < 4.78 is 10.8. The second kappa shape index (κ2) is 7.12. The molecule has 1 aromatic carbocycles. The summed E-state index contributed by atoms with van der Waals surface area (Å²) in [4.78, 5) is 1.56. The summed E-state index contributed by atoms with van der Waals surface area (Å²) in [5, 5.41) is 0. The predicted molar refractivity (Wildman–Crippen MR) is 65.4 cm³/mol. The van der Waals surface area contributed by atoms with E-state index < -0.39 is 0 Å². The van der Waals surface area contributed by atoms with Crippen LogP contribution in [0.4, 0.5) is 0 Å². The predicted octanol–water partition coefficient (Wildman–Crippen LogP) is 0.999. The molecular formula is C13H22NO2+. The topological polar surface area (TPSA) is 22.9 Å². The van der Waals surface area contributed by atoms with Gasteiger partial charge in [-0.05, 0) is 26.0 Å². The molecule has 16 heavy (non-hydrogen) atoms. The maximum Gasteiger partial charge on any atom is 0.137 e. The van der Waals surface area contributed by atoms with E-state index in [1.165, 1.54) is 0 Å². The zero-order valence-corrected chi connectivity index (χ0v) is 10.5. The van der Waals surface area contributed by atoms with E-state index in [1.807, 2.05) is 24.3 Å². The zero-order chi connectivity index (χ0) is 11.8. The molecule has 0 aliphatic heterocycles. The van der Waals surface area contributed by atoms with E-state index in [4.69, 9.17) is 9.47 Å². The molecule has 0 aliphatic rings. The van der Waals surface area contributed by atoms with Crippen molar-refractivity contribution in [2.24, 2.45) is 0 Å². The molecule has 0 aromatic heterocycles. The zero-order valence-electron chi connectivity index (χ0n) is 10.5. The van der Waals surface area contributed by atoms with Crippen LogP contribution in [0.3, 0.4) is 0 Å². The summed E-state index contributed by atoms with van der Waals surface area (Å²) in [6, 6.07) is 7.73. The summed E-state index contributed by atoms with van der Waals surface area (Å²) in [6.45, 7) is 8.50. The Kier molecular flexibility index (Phi) is 5.72. The van der Waals surface area contributed by atoms with Gasteiger partial charge in [0.1, 0.15) is 24.7 Å². The average molecular weight is 224 g/mol. The van der Waals surface area contributed by atoms with Gasteiger partial charge in [-0.2, -0.15) is 0 Å². The van der Waals surface area contributed by atoms with E-state index >= 15 is 0 Å². The number of hydrogen-bond donors (Lipinski definition) is 1. The number of hydrogen-bond acceptors (Lipinski definition) is 2. The second-order valence-electron chi connectivity index (χ2n) is 3.73. The standard InChI is InChI=1S/C13H21NO2/c1-4-14(5-2)9-10-16-13-8-6-7-12(11-13)15-3/h6-8,11H,4-5,9-10H2,1-3H3/p+1. The molecule has 1 rings (SSSR count). The van der Waals surface area contributed by atoms with Gasteiger partial charge in [0, 0.05) is 6.07 Å². The highest BCUT2D eigenvalue weighted by Gasteiger charge is 2.02. The van der Waals surface area contributed by atoms with Crippen LogP contribution < -0.4 is 14.4 Å². The molecular weight excluding hydrogens is 202 g/mol. The quantitative estimate of drug-likeness (QED) is 0.746. The summed E-state index contributed by atoms with van der Waals surface area (Å²) in [7, 11) is 1.67. The molecule has 0 unspecified atom stereocenters. The molecule has 3 heteroatoms. The average Bonchev–Trinajstić information content (AvgIpc) is 2.35. The van der Waals surface area contributed by atoms with Crippen molar-refractivity contribution in [3.8, 4) is 11.5 Å². The third-order valence-corrected chi connectivity index (χ3v) is 2.77. The number of benzene rings is 1. The van der Waals surface area contributed by atoms with Crippen molar-refractivity contribution in [2.75, 3.05) is 33.4 Å². The lowest BCUT2D eigenvalue weighted by Crippen LogP contribution is -3.12. The maximum atomic E-state index is 5.68. The first-order valence-corrected chi connectivity index (χ1v) is 5.90. The number of rotatable bonds is 7. The van der Waals surface area contributed by atoms with Crippen LogP contribution in [0.15, 0.2) is 24.3 Å². The third-order valence-electron chi connectivity index (χ3n) is 2.77. The molecule has 1 aromatic rings. The number of quaternary nitrogens is 1. The summed E-state index contributed by atoms with van der Waals surface area (Å²) in [5.41, 5.74) is 0. The Morgan fingerprint density at radius 1 is 1.12 bits per heavy atom. The molecule has 90 valence electrons. The Labute approximate surface area is 98.0 Å². The Bertz CT molecular complexity index is 298. The lowest BCUT2D eigenvalue weighted by atomic mass is 10.3. The second-order valence-corrected chi connectivity index (χ2v) is 3.73. The molecule has 3 nitrogen and oxygen atoms in total. The fraction of sp³-hybridized carbons (Fsp3) is 0.538. The first kappa shape index (κ1) is 12.8. The minimum absolute atomic E-state index is 0.754. The van der Waals surface area contributed by atoms with Crippen molar-refractivity contribution in [3.63, 3.8) is 0 Å². The first-order chi connectivity index (χ1) is 7.80. The lowest BCUT2D eigenvalue weighted by Gasteiger charge is -2.15. The largest absolute Gasteiger partial charge is 0.497 e. The van der Waals surface area contributed by atoms with Crippen LogP contribution in [0.1, 0.15) is 13.8 Å². The minimum Gasteiger partial charge on any atom is -0.497 e. The van der Waals surface area contributed by atoms with Crippen LogP contribution in [-0.4, -0.2) is 33.4 Å². The van der Waals surface area contributed by atoms with E-state index in [2.05, 4.69) is 13.8 Å². The van der Waals surface area contributed by atoms with Gasteiger partial charge in [-0.3, -0.25) is 0 Å². The van der Waals surface area contributed by atoms with Crippen LogP contribution >= 0.6 is 0 Å². The fourth-order valence-electron chi connectivity index (χ4n) is 1.61. The third kappa shape index (κ3) is 4.11. The van der Waals surface area contributed by atoms with Crippen molar-refractivity contribution >= 4 is 0 Å². The van der Waals surface area contributed by atoms with E-state index in [1.54, 1.807) is 12.0 Å². The summed E-state index contributed by atoms with van der Waals surface area (Å²) in [5.74, 6) is 1.72. The van der Waals surface area contributed by atoms with Crippen LogP contribution in [0.25, 0.3) is 0 Å². The highest BCUT2D eigenvalue weighted by atomic mass is 16.5. The van der Waals surface area contributed by atoms with Gasteiger partial charge in [0.2, 0.25) is 0 Å². The fourth-order valence-corrected chi connectivity index (χ4v) is 1.61. The molecule has 0 bridgehead atoms. The molecule has 0 aliphatic carbocycles. The van der Waals surface area contributed by atoms with Crippen LogP contribution in [0.5, 0.6) is 11.5 Å². The van der Waals surface area contributed by atoms with Gasteiger partial charge in [-0.25, -0.2) is 0 Å². The van der Waals surface area contributed by atoms with Gasteiger partial charge < -0.3 is 14.4 Å². The number of methoxy groups -OCH3 is 1. The monoisotopic (exact) mass is 224 g/mol. The number of nitrogens with one attached hydrogen (secondary N) is 1. The van der Waals surface area contributed by atoms with Crippen molar-refractivity contribution < 1.29 is 14.4 Å². The van der Waals surface area contributed by atoms with Crippen LogP contribution in [0.2, 0.25) is 0 Å². The van der Waals surface area contributed by atoms with E-state index in [0.29, 0.717) is 0 Å². The summed E-state index contributed by atoms with van der Waals surface area (Å²) >= 11 is 0. The molecule has 0 amide bonds. The van der Waals surface area contributed by atoms with Crippen molar-refractivity contribution in [2.45, 2.75) is 13.8 Å². The Balaban J connectivity index is 2.36. The van der Waals surface area contributed by atoms with Gasteiger partial charge in [-0.15, -0.1) is 0 Å². The molecule has 0 saturated carbocycles. The smallest absolute Gasteiger partial charge is 0.137 e. The van der Waals surface area contributed by atoms with Crippen molar-refractivity contribution in [1.29, 1.82) is 0 Å². The molecule has 0 saturated heterocycles. The van der Waals surface area contributed by atoms with Crippen molar-refractivity contribution in [3.05, 3.63) is 24.3 Å². The lowest BCUT2D eigenvalue weighted by molar-refractivity contribution is -0.896. The van der Waals surface area contributed by atoms with Crippen molar-refractivity contribution in [1.82, 2.24) is 0 Å². The maximum absolute atomic E-state index is 5.68. The van der Waals surface area contributed by atoms with Gasteiger partial charge in [0.15, 0.2) is 0 Å². The van der Waals surface area contributed by atoms with E-state index in [-0.39, 0.29) is 0 Å². The molecule has 0 atom stereocenters. The van der Waals surface area contributed by atoms with Gasteiger partial charge in [0.05, 0.1) is 20.2 Å². The Morgan fingerprint density at radius 2 is 1.81 bits per heavy atom. The van der Waals surface area contributed by atoms with Crippen LogP contribution in [0, 0.1) is 0 Å². The van der Waals surface area contributed by atoms with Gasteiger partial charge in [-0.1, -0.05) is 6.07 Å². The minimum atomic E-state index is 0.754. The molecule has 0 spiro atoms. The highest BCUT2D eigenvalue weighted by Crippen LogP contribution is 2.18. The molecule has 0 radical (unpaired) electrons.